The summed E-state index contributed by atoms with van der Waals surface area (Å²) in [6.07, 6.45) is 1.47. The topological polar surface area (TPSA) is 49.4 Å². The number of carbonyl (C=O) groups excluding carboxylic acids is 2. The first kappa shape index (κ1) is 10.0. The highest BCUT2D eigenvalue weighted by molar-refractivity contribution is 6.04. The van der Waals surface area contributed by atoms with Crippen molar-refractivity contribution in [2.45, 2.75) is 45.7 Å². The van der Waals surface area contributed by atoms with Crippen LogP contribution in [0, 0.1) is 0 Å². The standard InChI is InChI=1S/C9H16N2O2/c1-4-6(3)11-8(12)7(5-2)10-9(11)13/h6-7H,4-5H2,1-3H3,(H,10,13). The van der Waals surface area contributed by atoms with Crippen LogP contribution in [0.1, 0.15) is 33.6 Å². The third kappa shape index (κ3) is 1.66. The van der Waals surface area contributed by atoms with Crippen LogP contribution in [0.3, 0.4) is 0 Å². The van der Waals surface area contributed by atoms with E-state index >= 15 is 0 Å². The van der Waals surface area contributed by atoms with Gasteiger partial charge in [-0.3, -0.25) is 9.69 Å². The SMILES string of the molecule is CCC1NC(=O)N(C(C)CC)C1=O. The summed E-state index contributed by atoms with van der Waals surface area (Å²) in [6, 6.07) is -0.545. The molecule has 0 bridgehead atoms. The molecule has 0 radical (unpaired) electrons. The lowest BCUT2D eigenvalue weighted by Crippen LogP contribution is -2.38. The fraction of sp³-hybridized carbons (Fsp3) is 0.778. The van der Waals surface area contributed by atoms with E-state index in [0.717, 1.165) is 6.42 Å². The molecular weight excluding hydrogens is 168 g/mol. The molecule has 0 spiro atoms. The monoisotopic (exact) mass is 184 g/mol. The van der Waals surface area contributed by atoms with Gasteiger partial charge in [0.2, 0.25) is 0 Å². The number of nitrogens with one attached hydrogen (secondary N) is 1. The largest absolute Gasteiger partial charge is 0.326 e. The fourth-order valence-electron chi connectivity index (χ4n) is 1.42. The Morgan fingerprint density at radius 1 is 1.46 bits per heavy atom. The molecule has 3 amide bonds. The molecule has 0 aromatic rings. The Labute approximate surface area is 78.3 Å². The first-order valence-electron chi connectivity index (χ1n) is 4.75. The van der Waals surface area contributed by atoms with E-state index in [1.807, 2.05) is 20.8 Å². The smallest absolute Gasteiger partial charge is 0.325 e. The minimum absolute atomic E-state index is 0.00375. The summed E-state index contributed by atoms with van der Waals surface area (Å²) in [5.41, 5.74) is 0. The highest BCUT2D eigenvalue weighted by Crippen LogP contribution is 2.14. The van der Waals surface area contributed by atoms with Crippen molar-refractivity contribution in [3.8, 4) is 0 Å². The second kappa shape index (κ2) is 3.77. The number of imide groups is 1. The Hall–Kier alpha value is -1.06. The highest BCUT2D eigenvalue weighted by Gasteiger charge is 2.38. The summed E-state index contributed by atoms with van der Waals surface area (Å²) in [7, 11) is 0. The van der Waals surface area contributed by atoms with Crippen molar-refractivity contribution in [1.82, 2.24) is 10.2 Å². The maximum absolute atomic E-state index is 11.6. The van der Waals surface area contributed by atoms with E-state index in [9.17, 15) is 9.59 Å². The zero-order valence-corrected chi connectivity index (χ0v) is 8.33. The molecule has 0 saturated carbocycles. The second-order valence-corrected chi connectivity index (χ2v) is 3.38. The van der Waals surface area contributed by atoms with Gasteiger partial charge in [0.25, 0.3) is 5.91 Å². The molecule has 1 saturated heterocycles. The second-order valence-electron chi connectivity index (χ2n) is 3.38. The van der Waals surface area contributed by atoms with Crippen LogP contribution in [0.25, 0.3) is 0 Å². The number of urea groups is 1. The Morgan fingerprint density at radius 2 is 2.08 bits per heavy atom. The lowest BCUT2D eigenvalue weighted by atomic mass is 10.2. The minimum Gasteiger partial charge on any atom is -0.326 e. The first-order valence-corrected chi connectivity index (χ1v) is 4.75. The van der Waals surface area contributed by atoms with Crippen LogP contribution in [-0.2, 0) is 4.79 Å². The molecule has 0 aliphatic carbocycles. The van der Waals surface area contributed by atoms with E-state index in [1.165, 1.54) is 4.90 Å². The van der Waals surface area contributed by atoms with Gasteiger partial charge in [0.05, 0.1) is 0 Å². The third-order valence-electron chi connectivity index (χ3n) is 2.49. The predicted octanol–water partition coefficient (Wildman–Crippen LogP) is 1.12. The lowest BCUT2D eigenvalue weighted by Gasteiger charge is -2.19. The number of hydrogen-bond acceptors (Lipinski definition) is 2. The highest BCUT2D eigenvalue weighted by atomic mass is 16.2. The normalized spacial score (nSPS) is 24.8. The number of carbonyl (C=O) groups is 2. The summed E-state index contributed by atoms with van der Waals surface area (Å²) >= 11 is 0. The van der Waals surface area contributed by atoms with Gasteiger partial charge in [0, 0.05) is 6.04 Å². The van der Waals surface area contributed by atoms with Crippen molar-refractivity contribution in [2.24, 2.45) is 0 Å². The molecule has 2 unspecified atom stereocenters. The van der Waals surface area contributed by atoms with Crippen molar-refractivity contribution in [3.05, 3.63) is 0 Å². The Morgan fingerprint density at radius 3 is 2.46 bits per heavy atom. The number of rotatable bonds is 3. The Balaban J connectivity index is 2.75. The van der Waals surface area contributed by atoms with Crippen LogP contribution >= 0.6 is 0 Å². The van der Waals surface area contributed by atoms with Gasteiger partial charge >= 0.3 is 6.03 Å². The predicted molar refractivity (Wildman–Crippen MR) is 49.2 cm³/mol. The van der Waals surface area contributed by atoms with Crippen LogP contribution in [0.2, 0.25) is 0 Å². The molecule has 1 aliphatic heterocycles. The van der Waals surface area contributed by atoms with Crippen LogP contribution in [0.4, 0.5) is 4.79 Å². The molecule has 0 aromatic heterocycles. The number of hydrogen-bond donors (Lipinski definition) is 1. The van der Waals surface area contributed by atoms with Crippen molar-refractivity contribution in [2.75, 3.05) is 0 Å². The quantitative estimate of drug-likeness (QED) is 0.668. The van der Waals surface area contributed by atoms with Crippen LogP contribution in [-0.4, -0.2) is 28.9 Å². The van der Waals surface area contributed by atoms with E-state index < -0.39 is 0 Å². The summed E-state index contributed by atoms with van der Waals surface area (Å²) in [4.78, 5) is 24.3. The number of amides is 3. The van der Waals surface area contributed by atoms with E-state index in [0.29, 0.717) is 6.42 Å². The van der Waals surface area contributed by atoms with Crippen molar-refractivity contribution in [3.63, 3.8) is 0 Å². The summed E-state index contributed by atoms with van der Waals surface area (Å²) in [5, 5.41) is 2.66. The minimum atomic E-state index is -0.304. The molecule has 1 rings (SSSR count). The Kier molecular flexibility index (Phi) is 2.90. The van der Waals surface area contributed by atoms with Gasteiger partial charge < -0.3 is 5.32 Å². The van der Waals surface area contributed by atoms with E-state index in [-0.39, 0.29) is 24.0 Å². The maximum atomic E-state index is 11.6. The van der Waals surface area contributed by atoms with Gasteiger partial charge in [-0.15, -0.1) is 0 Å². The molecule has 2 atom stereocenters. The zero-order chi connectivity index (χ0) is 10.0. The molecular formula is C9H16N2O2. The van der Waals surface area contributed by atoms with Crippen molar-refractivity contribution < 1.29 is 9.59 Å². The summed E-state index contributed by atoms with van der Waals surface area (Å²) in [6.45, 7) is 5.74. The average Bonchev–Trinajstić information content (AvgIpc) is 2.40. The van der Waals surface area contributed by atoms with Gasteiger partial charge in [-0.05, 0) is 19.8 Å². The summed E-state index contributed by atoms with van der Waals surface area (Å²) in [5.74, 6) is -0.0816. The average molecular weight is 184 g/mol. The van der Waals surface area contributed by atoms with Crippen molar-refractivity contribution in [1.29, 1.82) is 0 Å². The van der Waals surface area contributed by atoms with Gasteiger partial charge in [-0.25, -0.2) is 4.79 Å². The van der Waals surface area contributed by atoms with Gasteiger partial charge in [0.15, 0.2) is 0 Å². The van der Waals surface area contributed by atoms with E-state index in [1.54, 1.807) is 0 Å². The lowest BCUT2D eigenvalue weighted by molar-refractivity contribution is -0.128. The molecule has 74 valence electrons. The summed E-state index contributed by atoms with van der Waals surface area (Å²) < 4.78 is 0. The van der Waals surface area contributed by atoms with Gasteiger partial charge in [-0.2, -0.15) is 0 Å². The molecule has 1 N–H and O–H groups in total. The van der Waals surface area contributed by atoms with Crippen molar-refractivity contribution >= 4 is 11.9 Å². The Bertz CT molecular complexity index is 228. The number of nitrogens with zero attached hydrogens (tertiary/aromatic N) is 1. The molecule has 4 nitrogen and oxygen atoms in total. The van der Waals surface area contributed by atoms with Crippen LogP contribution in [0.15, 0.2) is 0 Å². The molecule has 1 fully saturated rings. The molecule has 1 aliphatic rings. The van der Waals surface area contributed by atoms with E-state index in [2.05, 4.69) is 5.32 Å². The molecule has 1 heterocycles. The van der Waals surface area contributed by atoms with Gasteiger partial charge in [0.1, 0.15) is 6.04 Å². The first-order chi connectivity index (χ1) is 6.11. The van der Waals surface area contributed by atoms with E-state index in [4.69, 9.17) is 0 Å². The van der Waals surface area contributed by atoms with Gasteiger partial charge in [-0.1, -0.05) is 13.8 Å². The molecule has 4 heteroatoms. The van der Waals surface area contributed by atoms with Crippen LogP contribution < -0.4 is 5.32 Å². The van der Waals surface area contributed by atoms with Crippen LogP contribution in [0.5, 0.6) is 0 Å². The fourth-order valence-corrected chi connectivity index (χ4v) is 1.42. The maximum Gasteiger partial charge on any atom is 0.325 e. The molecule has 13 heavy (non-hydrogen) atoms. The molecule has 0 aromatic carbocycles. The third-order valence-corrected chi connectivity index (χ3v) is 2.49. The zero-order valence-electron chi connectivity index (χ0n) is 8.33.